The molecule has 2 heterocycles. The Bertz CT molecular complexity index is 546. The maximum Gasteiger partial charge on any atom is 0.214 e. The van der Waals surface area contributed by atoms with Crippen LogP contribution in [-0.4, -0.2) is 78.9 Å². The highest BCUT2D eigenvalue weighted by molar-refractivity contribution is 14.0. The number of guanidine groups is 1. The first-order chi connectivity index (χ1) is 11.9. The lowest BCUT2D eigenvalue weighted by Gasteiger charge is -2.32. The van der Waals surface area contributed by atoms with E-state index in [0.29, 0.717) is 32.0 Å². The Labute approximate surface area is 179 Å². The number of nitrogens with zero attached hydrogens (tertiary/aromatic N) is 2. The van der Waals surface area contributed by atoms with Gasteiger partial charge in [-0.1, -0.05) is 6.92 Å². The Morgan fingerprint density at radius 1 is 1.35 bits per heavy atom. The van der Waals surface area contributed by atoms with Gasteiger partial charge in [-0.15, -0.1) is 24.0 Å². The quantitative estimate of drug-likeness (QED) is 0.266. The number of sulfonamides is 1. The molecular weight excluding hydrogens is 487 g/mol. The third-order valence-electron chi connectivity index (χ3n) is 4.61. The van der Waals surface area contributed by atoms with E-state index < -0.39 is 15.6 Å². The van der Waals surface area contributed by atoms with Gasteiger partial charge in [-0.25, -0.2) is 12.7 Å². The normalized spacial score (nSPS) is 25.7. The monoisotopic (exact) mass is 520 g/mol. The van der Waals surface area contributed by atoms with Crippen LogP contribution in [-0.2, 0) is 10.0 Å². The number of hydrogen-bond acceptors (Lipinski definition) is 5. The van der Waals surface area contributed by atoms with Crippen LogP contribution in [0.15, 0.2) is 4.99 Å². The third-order valence-corrected chi connectivity index (χ3v) is 7.92. The van der Waals surface area contributed by atoms with E-state index in [-0.39, 0.29) is 35.8 Å². The molecule has 2 saturated heterocycles. The summed E-state index contributed by atoms with van der Waals surface area (Å²) in [5, 5.41) is 17.1. The number of aliphatic hydroxyl groups is 1. The van der Waals surface area contributed by atoms with Crippen molar-refractivity contribution >= 4 is 51.7 Å². The number of piperidine rings is 1. The summed E-state index contributed by atoms with van der Waals surface area (Å²) in [6.07, 6.45) is 2.98. The minimum atomic E-state index is -3.10. The molecule has 0 spiro atoms. The Hall–Kier alpha value is 0.220. The zero-order chi connectivity index (χ0) is 18.3. The Morgan fingerprint density at radius 2 is 2.04 bits per heavy atom. The van der Waals surface area contributed by atoms with Crippen LogP contribution in [0.4, 0.5) is 0 Å². The molecule has 0 bridgehead atoms. The van der Waals surface area contributed by atoms with Crippen LogP contribution in [0.3, 0.4) is 0 Å². The van der Waals surface area contributed by atoms with E-state index in [0.717, 1.165) is 37.3 Å². The van der Waals surface area contributed by atoms with Crippen LogP contribution in [0.2, 0.25) is 0 Å². The summed E-state index contributed by atoms with van der Waals surface area (Å²) >= 11 is 1.77. The summed E-state index contributed by atoms with van der Waals surface area (Å²) in [7, 11) is -3.10. The van der Waals surface area contributed by atoms with Gasteiger partial charge < -0.3 is 15.7 Å². The molecule has 2 rings (SSSR count). The van der Waals surface area contributed by atoms with Crippen LogP contribution in [0.25, 0.3) is 0 Å². The van der Waals surface area contributed by atoms with Crippen LogP contribution in [0.1, 0.15) is 39.5 Å². The lowest BCUT2D eigenvalue weighted by Crippen LogP contribution is -2.50. The second-order valence-corrected chi connectivity index (χ2v) is 10.0. The smallest absolute Gasteiger partial charge is 0.214 e. The lowest BCUT2D eigenvalue weighted by molar-refractivity contribution is 0.0778. The molecule has 0 saturated carbocycles. The number of halogens is 1. The maximum absolute atomic E-state index is 12.1. The fourth-order valence-corrected chi connectivity index (χ4v) is 5.95. The van der Waals surface area contributed by atoms with Gasteiger partial charge in [0, 0.05) is 31.4 Å². The average molecular weight is 521 g/mol. The highest BCUT2D eigenvalue weighted by Gasteiger charge is 2.32. The molecular formula is C16H33IN4O3S2. The summed E-state index contributed by atoms with van der Waals surface area (Å²) in [5.74, 6) is 2.67. The molecule has 0 radical (unpaired) electrons. The van der Waals surface area contributed by atoms with E-state index in [4.69, 9.17) is 0 Å². The second kappa shape index (κ2) is 11.3. The van der Waals surface area contributed by atoms with Crippen molar-refractivity contribution in [3.63, 3.8) is 0 Å². The Morgan fingerprint density at radius 3 is 2.58 bits per heavy atom. The molecule has 2 aliphatic heterocycles. The molecule has 2 aliphatic rings. The predicted octanol–water partition coefficient (Wildman–Crippen LogP) is 1.23. The minimum Gasteiger partial charge on any atom is -0.387 e. The van der Waals surface area contributed by atoms with Crippen molar-refractivity contribution in [2.75, 3.05) is 43.4 Å². The van der Waals surface area contributed by atoms with E-state index in [1.165, 1.54) is 0 Å². The zero-order valence-corrected chi connectivity index (χ0v) is 19.7. The van der Waals surface area contributed by atoms with Crippen LogP contribution in [0.5, 0.6) is 0 Å². The molecule has 26 heavy (non-hydrogen) atoms. The molecule has 10 heteroatoms. The van der Waals surface area contributed by atoms with Gasteiger partial charge in [0.05, 0.1) is 17.9 Å². The number of hydrogen-bond donors (Lipinski definition) is 3. The molecule has 0 amide bonds. The lowest BCUT2D eigenvalue weighted by atomic mass is 10.0. The average Bonchev–Trinajstić information content (AvgIpc) is 3.00. The molecule has 2 fully saturated rings. The molecule has 0 aromatic rings. The second-order valence-electron chi connectivity index (χ2n) is 6.86. The molecule has 1 unspecified atom stereocenters. The first-order valence-corrected chi connectivity index (χ1v) is 12.0. The minimum absolute atomic E-state index is 0. The Balaban J connectivity index is 0.00000338. The van der Waals surface area contributed by atoms with Gasteiger partial charge in [0.25, 0.3) is 0 Å². The molecule has 1 atom stereocenters. The van der Waals surface area contributed by atoms with Crippen molar-refractivity contribution in [3.8, 4) is 0 Å². The van der Waals surface area contributed by atoms with Crippen LogP contribution >= 0.6 is 35.7 Å². The van der Waals surface area contributed by atoms with Crippen molar-refractivity contribution in [1.29, 1.82) is 0 Å². The number of thioether (sulfide) groups is 1. The van der Waals surface area contributed by atoms with E-state index in [9.17, 15) is 13.5 Å². The first kappa shape index (κ1) is 24.3. The summed E-state index contributed by atoms with van der Waals surface area (Å²) < 4.78 is 25.9. The van der Waals surface area contributed by atoms with Crippen molar-refractivity contribution in [2.24, 2.45) is 4.99 Å². The van der Waals surface area contributed by atoms with Crippen molar-refractivity contribution in [3.05, 3.63) is 0 Å². The maximum atomic E-state index is 12.1. The number of nitrogens with one attached hydrogen (secondary N) is 2. The van der Waals surface area contributed by atoms with E-state index in [2.05, 4.69) is 15.6 Å². The van der Waals surface area contributed by atoms with Crippen molar-refractivity contribution < 1.29 is 13.5 Å². The van der Waals surface area contributed by atoms with Crippen LogP contribution in [0, 0.1) is 0 Å². The highest BCUT2D eigenvalue weighted by Crippen LogP contribution is 2.27. The van der Waals surface area contributed by atoms with Crippen molar-refractivity contribution in [2.45, 2.75) is 51.2 Å². The van der Waals surface area contributed by atoms with Crippen molar-refractivity contribution in [1.82, 2.24) is 14.9 Å². The first-order valence-electron chi connectivity index (χ1n) is 9.21. The van der Waals surface area contributed by atoms with Gasteiger partial charge >= 0.3 is 0 Å². The summed E-state index contributed by atoms with van der Waals surface area (Å²) in [5.41, 5.74) is -0.690. The zero-order valence-electron chi connectivity index (χ0n) is 15.7. The molecule has 3 N–H and O–H groups in total. The topological polar surface area (TPSA) is 94.0 Å². The van der Waals surface area contributed by atoms with Gasteiger partial charge in [0.15, 0.2) is 5.96 Å². The highest BCUT2D eigenvalue weighted by atomic mass is 127. The standard InChI is InChI=1S/C16H32N4O3S2.HI/c1-3-11-25(22,23)20-8-5-14(6-9-20)19-15(17-4-2)18-12-16(21)7-10-24-13-16;/h14,21H,3-13H2,1-2H3,(H2,17,18,19);1H. The summed E-state index contributed by atoms with van der Waals surface area (Å²) in [6, 6.07) is 0.207. The van der Waals surface area contributed by atoms with Gasteiger partial charge in [-0.05, 0) is 38.4 Å². The number of rotatable bonds is 7. The molecule has 0 aromatic heterocycles. The molecule has 154 valence electrons. The van der Waals surface area contributed by atoms with E-state index >= 15 is 0 Å². The van der Waals surface area contributed by atoms with Gasteiger partial charge in [-0.2, -0.15) is 11.8 Å². The molecule has 0 aliphatic carbocycles. The van der Waals surface area contributed by atoms with Crippen LogP contribution < -0.4 is 10.6 Å². The van der Waals surface area contributed by atoms with Gasteiger partial charge in [0.2, 0.25) is 10.0 Å². The predicted molar refractivity (Wildman–Crippen MR) is 120 cm³/mol. The summed E-state index contributed by atoms with van der Waals surface area (Å²) in [4.78, 5) is 4.56. The van der Waals surface area contributed by atoms with E-state index in [1.54, 1.807) is 16.1 Å². The number of aliphatic imine (C=N–C) groups is 1. The fourth-order valence-electron chi connectivity index (χ4n) is 3.13. The molecule has 7 nitrogen and oxygen atoms in total. The fraction of sp³-hybridized carbons (Fsp3) is 0.938. The molecule has 0 aromatic carbocycles. The van der Waals surface area contributed by atoms with Gasteiger partial charge in [0.1, 0.15) is 0 Å². The van der Waals surface area contributed by atoms with E-state index in [1.807, 2.05) is 13.8 Å². The SMILES string of the molecule is CCCS(=O)(=O)N1CCC(NC(=NCC2(O)CCSC2)NCC)CC1.I. The third kappa shape index (κ3) is 7.33. The summed E-state index contributed by atoms with van der Waals surface area (Å²) in [6.45, 7) is 6.17. The largest absolute Gasteiger partial charge is 0.387 e. The Kier molecular flexibility index (Phi) is 10.5. The van der Waals surface area contributed by atoms with Gasteiger partial charge in [-0.3, -0.25) is 4.99 Å².